The monoisotopic (exact) mass is 276 g/mol. The van der Waals surface area contributed by atoms with Gasteiger partial charge in [0.2, 0.25) is 0 Å². The van der Waals surface area contributed by atoms with Crippen LogP contribution in [0.1, 0.15) is 60.9 Å². The highest BCUT2D eigenvalue weighted by Gasteiger charge is 2.28. The molecule has 2 aromatic rings. The molecule has 1 atom stereocenters. The minimum atomic E-state index is -0.0865. The first kappa shape index (κ1) is 12.9. The largest absolute Gasteiger partial charge is 0.296 e. The molecule has 0 amide bonds. The van der Waals surface area contributed by atoms with Gasteiger partial charge in [-0.1, -0.05) is 27.7 Å². The Morgan fingerprint density at radius 3 is 2.79 bits per heavy atom. The molecular formula is C15H20N2OS. The number of aryl methyl sites for hydroxylation is 1. The number of rotatable bonds is 1. The van der Waals surface area contributed by atoms with Crippen LogP contribution in [0.3, 0.4) is 0 Å². The topological polar surface area (TPSA) is 34.4 Å². The van der Waals surface area contributed by atoms with Crippen molar-refractivity contribution in [2.75, 3.05) is 0 Å². The van der Waals surface area contributed by atoms with Crippen molar-refractivity contribution < 1.29 is 4.79 Å². The molecule has 0 aliphatic heterocycles. The van der Waals surface area contributed by atoms with Gasteiger partial charge in [0.25, 0.3) is 0 Å². The molecule has 0 N–H and O–H groups in total. The number of nitrogens with zero attached hydrogens (tertiary/aromatic N) is 2. The fourth-order valence-electron chi connectivity index (χ4n) is 2.91. The summed E-state index contributed by atoms with van der Waals surface area (Å²) in [4.78, 5) is 18.7. The lowest BCUT2D eigenvalue weighted by atomic mass is 9.90. The van der Waals surface area contributed by atoms with E-state index in [1.165, 1.54) is 17.0 Å². The van der Waals surface area contributed by atoms with Gasteiger partial charge >= 0.3 is 0 Å². The fraction of sp³-hybridized carbons (Fsp3) is 0.600. The van der Waals surface area contributed by atoms with Crippen LogP contribution in [0, 0.1) is 5.92 Å². The average molecular weight is 276 g/mol. The van der Waals surface area contributed by atoms with E-state index >= 15 is 0 Å². The quantitative estimate of drug-likeness (QED) is 0.745. The lowest BCUT2D eigenvalue weighted by Gasteiger charge is -2.19. The van der Waals surface area contributed by atoms with E-state index in [1.807, 2.05) is 0 Å². The Morgan fingerprint density at radius 2 is 2.16 bits per heavy atom. The normalized spacial score (nSPS) is 19.7. The van der Waals surface area contributed by atoms with Crippen molar-refractivity contribution in [1.82, 2.24) is 9.38 Å². The summed E-state index contributed by atoms with van der Waals surface area (Å²) in [6, 6.07) is 0. The minimum absolute atomic E-state index is 0.0865. The first-order chi connectivity index (χ1) is 8.91. The van der Waals surface area contributed by atoms with Crippen molar-refractivity contribution >= 4 is 22.6 Å². The predicted octanol–water partition coefficient (Wildman–Crippen LogP) is 3.63. The Hall–Kier alpha value is -1.16. The van der Waals surface area contributed by atoms with Gasteiger partial charge in [-0.25, -0.2) is 4.98 Å². The molecule has 3 rings (SSSR count). The Bertz CT molecular complexity index is 645. The maximum atomic E-state index is 11.5. The second kappa shape index (κ2) is 4.17. The number of hydrogen-bond acceptors (Lipinski definition) is 3. The highest BCUT2D eigenvalue weighted by molar-refractivity contribution is 7.17. The number of thiazole rings is 1. The highest BCUT2D eigenvalue weighted by Crippen LogP contribution is 2.36. The molecule has 0 aromatic carbocycles. The molecule has 0 bridgehead atoms. The maximum Gasteiger partial charge on any atom is 0.194 e. The van der Waals surface area contributed by atoms with Gasteiger partial charge in [0.1, 0.15) is 5.69 Å². The van der Waals surface area contributed by atoms with Gasteiger partial charge in [-0.2, -0.15) is 0 Å². The van der Waals surface area contributed by atoms with Gasteiger partial charge in [0.05, 0.1) is 5.69 Å². The summed E-state index contributed by atoms with van der Waals surface area (Å²) in [6.07, 6.45) is 4.38. The zero-order valence-electron chi connectivity index (χ0n) is 12.0. The molecule has 19 heavy (non-hydrogen) atoms. The third-order valence-corrected chi connectivity index (χ3v) is 5.02. The van der Waals surface area contributed by atoms with E-state index < -0.39 is 0 Å². The summed E-state index contributed by atoms with van der Waals surface area (Å²) in [7, 11) is 0. The summed E-state index contributed by atoms with van der Waals surface area (Å²) in [5, 5.41) is 0. The van der Waals surface area contributed by atoms with Gasteiger partial charge in [0.15, 0.2) is 11.2 Å². The molecule has 0 radical (unpaired) electrons. The molecule has 2 aromatic heterocycles. The Labute approximate surface area is 117 Å². The number of fused-ring (bicyclic) bond motifs is 3. The van der Waals surface area contributed by atoms with Crippen molar-refractivity contribution in [2.45, 2.75) is 52.4 Å². The first-order valence-corrected chi connectivity index (χ1v) is 7.72. The highest BCUT2D eigenvalue weighted by atomic mass is 32.1. The third kappa shape index (κ3) is 1.93. The molecule has 0 saturated carbocycles. The molecule has 1 aliphatic rings. The lowest BCUT2D eigenvalue weighted by Crippen LogP contribution is -2.16. The van der Waals surface area contributed by atoms with Gasteiger partial charge < -0.3 is 0 Å². The Balaban J connectivity index is 2.26. The van der Waals surface area contributed by atoms with Crippen LogP contribution in [0.25, 0.3) is 4.96 Å². The molecule has 0 spiro atoms. The number of imidazole rings is 1. The van der Waals surface area contributed by atoms with Crippen LogP contribution in [0.2, 0.25) is 0 Å². The molecule has 2 heterocycles. The molecule has 3 nitrogen and oxygen atoms in total. The molecule has 4 heteroatoms. The van der Waals surface area contributed by atoms with Crippen molar-refractivity contribution in [3.05, 3.63) is 22.0 Å². The van der Waals surface area contributed by atoms with Crippen molar-refractivity contribution in [3.8, 4) is 0 Å². The maximum absolute atomic E-state index is 11.5. The Kier molecular flexibility index (Phi) is 2.82. The number of hydrogen-bond donors (Lipinski definition) is 0. The van der Waals surface area contributed by atoms with E-state index in [4.69, 9.17) is 4.98 Å². The van der Waals surface area contributed by atoms with Crippen molar-refractivity contribution in [1.29, 1.82) is 0 Å². The van der Waals surface area contributed by atoms with E-state index in [0.29, 0.717) is 0 Å². The Morgan fingerprint density at radius 1 is 1.42 bits per heavy atom. The standard InChI is InChI=1S/C15H20N2OS/c1-9-5-6-10-12(7-9)19-14-16-13(15(2,3)4)11(8-18)17(10)14/h8-9H,5-7H2,1-4H3. The van der Waals surface area contributed by atoms with Gasteiger partial charge in [-0.15, -0.1) is 11.3 Å². The van der Waals surface area contributed by atoms with Gasteiger partial charge in [-0.05, 0) is 25.2 Å². The van der Waals surface area contributed by atoms with Crippen LogP contribution in [0.4, 0.5) is 0 Å². The van der Waals surface area contributed by atoms with Gasteiger partial charge in [0, 0.05) is 16.0 Å². The predicted molar refractivity (Wildman–Crippen MR) is 78.3 cm³/mol. The molecule has 0 saturated heterocycles. The van der Waals surface area contributed by atoms with E-state index in [9.17, 15) is 4.79 Å². The minimum Gasteiger partial charge on any atom is -0.296 e. The number of aromatic nitrogens is 2. The SMILES string of the molecule is CC1CCc2c(sc3nc(C(C)(C)C)c(C=O)n23)C1. The van der Waals surface area contributed by atoms with Crippen LogP contribution in [0.5, 0.6) is 0 Å². The molecular weight excluding hydrogens is 256 g/mol. The molecule has 102 valence electrons. The van der Waals surface area contributed by atoms with Crippen LogP contribution >= 0.6 is 11.3 Å². The summed E-state index contributed by atoms with van der Waals surface area (Å²) in [6.45, 7) is 8.63. The van der Waals surface area contributed by atoms with Gasteiger partial charge in [-0.3, -0.25) is 9.20 Å². The second-order valence-corrected chi connectivity index (χ2v) is 7.71. The van der Waals surface area contributed by atoms with E-state index in [-0.39, 0.29) is 5.41 Å². The fourth-order valence-corrected chi connectivity index (χ4v) is 4.24. The summed E-state index contributed by atoms with van der Waals surface area (Å²) >= 11 is 1.76. The first-order valence-electron chi connectivity index (χ1n) is 6.90. The third-order valence-electron chi connectivity index (χ3n) is 3.92. The summed E-state index contributed by atoms with van der Waals surface area (Å²) in [5.41, 5.74) is 2.92. The zero-order valence-corrected chi connectivity index (χ0v) is 12.8. The summed E-state index contributed by atoms with van der Waals surface area (Å²) < 4.78 is 2.11. The van der Waals surface area contributed by atoms with E-state index in [0.717, 1.165) is 41.4 Å². The molecule has 0 fully saturated rings. The average Bonchev–Trinajstić information content (AvgIpc) is 2.82. The van der Waals surface area contributed by atoms with E-state index in [1.54, 1.807) is 11.3 Å². The number of carbonyl (C=O) groups excluding carboxylic acids is 1. The second-order valence-electron chi connectivity index (χ2n) is 6.65. The van der Waals surface area contributed by atoms with Crippen LogP contribution in [-0.2, 0) is 18.3 Å². The zero-order chi connectivity index (χ0) is 13.8. The van der Waals surface area contributed by atoms with Crippen LogP contribution in [-0.4, -0.2) is 15.7 Å². The van der Waals surface area contributed by atoms with Crippen LogP contribution in [0.15, 0.2) is 0 Å². The smallest absolute Gasteiger partial charge is 0.194 e. The van der Waals surface area contributed by atoms with E-state index in [2.05, 4.69) is 32.1 Å². The molecule has 1 unspecified atom stereocenters. The summed E-state index contributed by atoms with van der Waals surface area (Å²) in [5.74, 6) is 0.748. The molecule has 1 aliphatic carbocycles. The van der Waals surface area contributed by atoms with Crippen molar-refractivity contribution in [2.24, 2.45) is 5.92 Å². The number of aldehydes is 1. The van der Waals surface area contributed by atoms with Crippen LogP contribution < -0.4 is 0 Å². The lowest BCUT2D eigenvalue weighted by molar-refractivity contribution is 0.111. The van der Waals surface area contributed by atoms with Crippen molar-refractivity contribution in [3.63, 3.8) is 0 Å². The number of carbonyl (C=O) groups is 1.